The Morgan fingerprint density at radius 2 is 1.69 bits per heavy atom. The van der Waals surface area contributed by atoms with E-state index in [1.54, 1.807) is 54.3 Å². The van der Waals surface area contributed by atoms with Gasteiger partial charge in [0.15, 0.2) is 5.82 Å². The summed E-state index contributed by atoms with van der Waals surface area (Å²) < 4.78 is 30.8. The zero-order valence-corrected chi connectivity index (χ0v) is 27.6. The van der Waals surface area contributed by atoms with Gasteiger partial charge >= 0.3 is 12.1 Å². The van der Waals surface area contributed by atoms with Crippen LogP contribution >= 0.6 is 0 Å². The fourth-order valence-electron chi connectivity index (χ4n) is 5.64. The molecule has 5 rings (SSSR count). The number of fused-ring (bicyclic) bond motifs is 1. The minimum Gasteiger partial charge on any atom is -0.497 e. The molecule has 0 bridgehead atoms. The molecule has 49 heavy (non-hydrogen) atoms. The smallest absolute Gasteiger partial charge is 0.406 e. The molecule has 0 spiro atoms. The third kappa shape index (κ3) is 7.66. The first-order chi connectivity index (χ1) is 23.6. The normalized spacial score (nSPS) is 13.4. The van der Waals surface area contributed by atoms with Crippen LogP contribution in [0.25, 0.3) is 10.9 Å². The highest BCUT2D eigenvalue weighted by atomic mass is 19.1. The fourth-order valence-corrected chi connectivity index (χ4v) is 5.64. The van der Waals surface area contributed by atoms with Crippen molar-refractivity contribution in [3.05, 3.63) is 88.7 Å². The number of para-hydroxylation sites is 1. The average Bonchev–Trinajstić information content (AvgIpc) is 3.12. The van der Waals surface area contributed by atoms with Gasteiger partial charge in [0.05, 0.1) is 57.1 Å². The van der Waals surface area contributed by atoms with Gasteiger partial charge in [0.2, 0.25) is 5.91 Å². The van der Waals surface area contributed by atoms with E-state index in [1.165, 1.54) is 55.2 Å². The number of nitrogens with one attached hydrogen (secondary N) is 2. The van der Waals surface area contributed by atoms with Crippen molar-refractivity contribution >= 4 is 40.3 Å². The summed E-state index contributed by atoms with van der Waals surface area (Å²) in [6.45, 7) is 3.09. The van der Waals surface area contributed by atoms with Crippen LogP contribution in [0.1, 0.15) is 28.1 Å². The van der Waals surface area contributed by atoms with Crippen molar-refractivity contribution < 1.29 is 35.8 Å². The summed E-state index contributed by atoms with van der Waals surface area (Å²) in [6.07, 6.45) is -0.522. The molecule has 1 aliphatic heterocycles. The molecule has 1 unspecified atom stereocenters. The first-order valence-corrected chi connectivity index (χ1v) is 15.6. The molecule has 1 aliphatic rings. The topological polar surface area (TPSA) is 148 Å². The number of ether oxygens (including phenoxy) is 3. The van der Waals surface area contributed by atoms with E-state index in [0.717, 1.165) is 0 Å². The van der Waals surface area contributed by atoms with Crippen molar-refractivity contribution in [3.8, 4) is 11.5 Å². The van der Waals surface area contributed by atoms with E-state index in [4.69, 9.17) is 14.5 Å². The second-order valence-corrected chi connectivity index (χ2v) is 11.1. The maximum atomic E-state index is 14.2. The molecule has 1 aromatic heterocycles. The van der Waals surface area contributed by atoms with Gasteiger partial charge in [0.25, 0.3) is 5.56 Å². The highest BCUT2D eigenvalue weighted by Crippen LogP contribution is 2.37. The molecular weight excluding hydrogens is 637 g/mol. The number of methoxy groups -OCH3 is 3. The number of halogens is 1. The van der Waals surface area contributed by atoms with Gasteiger partial charge in [-0.25, -0.2) is 23.6 Å². The maximum Gasteiger partial charge on any atom is 0.406 e. The number of carbonyl (C=O) groups excluding carboxylic acids is 3. The Labute approximate surface area is 284 Å². The zero-order chi connectivity index (χ0) is 35.1. The second-order valence-electron chi connectivity index (χ2n) is 11.1. The standard InChI is InChI=1S/C34H38FN7O7.2H2/c1-22(41(28-14-13-25(47-2)21-29(28)48-3)33(45)37-24-11-9-23(35)10-12-24)31-38-27-8-6-5-7-26(27)32(44)42(31)40-19-17-39(18-20-40)30(43)15-16-36-34(46)49-4;;/h5-14,21-22H,15-20H2,1-4H3,(H,36,46)(H,37,45);2*1H. The van der Waals surface area contributed by atoms with Gasteiger partial charge < -0.3 is 34.8 Å². The molecule has 14 nitrogen and oxygen atoms in total. The Morgan fingerprint density at radius 1 is 0.980 bits per heavy atom. The number of rotatable bonds is 10. The minimum atomic E-state index is -0.871. The number of hydrogen-bond acceptors (Lipinski definition) is 9. The quantitative estimate of drug-likeness (QED) is 0.249. The number of urea groups is 1. The molecule has 2 heterocycles. The van der Waals surface area contributed by atoms with E-state index < -0.39 is 24.0 Å². The van der Waals surface area contributed by atoms with E-state index in [-0.39, 0.29) is 33.1 Å². The van der Waals surface area contributed by atoms with Gasteiger partial charge in [0.1, 0.15) is 17.3 Å². The van der Waals surface area contributed by atoms with Gasteiger partial charge in [-0.05, 0) is 55.5 Å². The maximum absolute atomic E-state index is 14.2. The summed E-state index contributed by atoms with van der Waals surface area (Å²) in [5, 5.41) is 7.52. The first-order valence-electron chi connectivity index (χ1n) is 15.6. The molecule has 4 aromatic rings. The molecule has 1 atom stereocenters. The van der Waals surface area contributed by atoms with Gasteiger partial charge in [-0.15, -0.1) is 0 Å². The minimum absolute atomic E-state index is 0. The van der Waals surface area contributed by atoms with Crippen LogP contribution in [-0.2, 0) is 9.53 Å². The molecule has 2 N–H and O–H groups in total. The lowest BCUT2D eigenvalue weighted by Crippen LogP contribution is -2.57. The van der Waals surface area contributed by atoms with Crippen LogP contribution in [-0.4, -0.2) is 86.6 Å². The molecule has 1 fully saturated rings. The fraction of sp³-hybridized carbons (Fsp3) is 0.324. The highest BCUT2D eigenvalue weighted by molar-refractivity contribution is 6.03. The lowest BCUT2D eigenvalue weighted by molar-refractivity contribution is -0.131. The number of alkyl carbamates (subject to hydrolysis) is 1. The Bertz CT molecular complexity index is 1890. The second kappa shape index (κ2) is 15.4. The lowest BCUT2D eigenvalue weighted by Gasteiger charge is -2.39. The molecule has 3 aromatic carbocycles. The van der Waals surface area contributed by atoms with Crippen molar-refractivity contribution in [1.82, 2.24) is 19.9 Å². The zero-order valence-electron chi connectivity index (χ0n) is 27.6. The van der Waals surface area contributed by atoms with Crippen LogP contribution in [0.4, 0.5) is 25.4 Å². The number of benzene rings is 3. The van der Waals surface area contributed by atoms with Crippen LogP contribution in [0.2, 0.25) is 0 Å². The molecule has 0 saturated carbocycles. The first kappa shape index (κ1) is 34.5. The van der Waals surface area contributed by atoms with Crippen molar-refractivity contribution in [2.45, 2.75) is 19.4 Å². The summed E-state index contributed by atoms with van der Waals surface area (Å²) in [5.41, 5.74) is 0.816. The van der Waals surface area contributed by atoms with Gasteiger partial charge in [0, 0.05) is 40.7 Å². The number of amides is 4. The summed E-state index contributed by atoms with van der Waals surface area (Å²) in [7, 11) is 4.23. The Morgan fingerprint density at radius 3 is 2.37 bits per heavy atom. The average molecular weight is 680 g/mol. The van der Waals surface area contributed by atoms with E-state index >= 15 is 0 Å². The number of anilines is 2. The summed E-state index contributed by atoms with van der Waals surface area (Å²) in [4.78, 5) is 60.6. The predicted molar refractivity (Wildman–Crippen MR) is 186 cm³/mol. The molecular formula is C34H42FN7O7. The number of carbonyl (C=O) groups is 3. The van der Waals surface area contributed by atoms with Crippen LogP contribution in [0.15, 0.2) is 71.5 Å². The van der Waals surface area contributed by atoms with E-state index in [1.807, 2.05) is 5.01 Å². The largest absolute Gasteiger partial charge is 0.497 e. The van der Waals surface area contributed by atoms with Gasteiger partial charge in [-0.2, -0.15) is 0 Å². The van der Waals surface area contributed by atoms with Gasteiger partial charge in [-0.3, -0.25) is 14.5 Å². The predicted octanol–water partition coefficient (Wildman–Crippen LogP) is 4.37. The van der Waals surface area contributed by atoms with E-state index in [2.05, 4.69) is 15.4 Å². The molecule has 262 valence electrons. The third-order valence-corrected chi connectivity index (χ3v) is 8.19. The number of hydrogen-bond donors (Lipinski definition) is 2. The monoisotopic (exact) mass is 679 g/mol. The van der Waals surface area contributed by atoms with Crippen LogP contribution in [0.5, 0.6) is 11.5 Å². The Kier molecular flexibility index (Phi) is 10.8. The molecule has 1 saturated heterocycles. The number of piperazine rings is 1. The van der Waals surface area contributed by atoms with Crippen molar-refractivity contribution in [1.29, 1.82) is 0 Å². The van der Waals surface area contributed by atoms with E-state index in [9.17, 15) is 23.6 Å². The summed E-state index contributed by atoms with van der Waals surface area (Å²) in [6, 6.07) is 15.8. The number of aromatic nitrogens is 2. The van der Waals surface area contributed by atoms with Crippen molar-refractivity contribution in [2.75, 3.05) is 69.3 Å². The Hall–Kier alpha value is -5.86. The summed E-state index contributed by atoms with van der Waals surface area (Å²) in [5.74, 6) is 0.483. The van der Waals surface area contributed by atoms with Crippen LogP contribution in [0, 0.1) is 5.82 Å². The molecule has 4 amide bonds. The van der Waals surface area contributed by atoms with Crippen molar-refractivity contribution in [2.24, 2.45) is 0 Å². The summed E-state index contributed by atoms with van der Waals surface area (Å²) >= 11 is 0. The third-order valence-electron chi connectivity index (χ3n) is 8.19. The highest BCUT2D eigenvalue weighted by Gasteiger charge is 2.33. The van der Waals surface area contributed by atoms with Crippen LogP contribution in [0.3, 0.4) is 0 Å². The number of nitrogens with zero attached hydrogens (tertiary/aromatic N) is 5. The lowest BCUT2D eigenvalue weighted by atomic mass is 10.1. The SMILES string of the molecule is COC(=O)NCCC(=O)N1CCN(n2c(C(C)N(C(=O)Nc3ccc(F)cc3)c3ccc(OC)cc3OC)nc3ccccc3c2=O)CC1.[HH].[HH]. The van der Waals surface area contributed by atoms with Crippen LogP contribution < -0.4 is 35.6 Å². The Balaban J connectivity index is 0.00000351. The van der Waals surface area contributed by atoms with Gasteiger partial charge in [-0.1, -0.05) is 12.1 Å². The van der Waals surface area contributed by atoms with Crippen molar-refractivity contribution in [3.63, 3.8) is 0 Å². The molecule has 0 aliphatic carbocycles. The molecule has 0 radical (unpaired) electrons. The van der Waals surface area contributed by atoms with E-state index in [0.29, 0.717) is 60.0 Å². The molecule has 15 heteroatoms.